The Morgan fingerprint density at radius 3 is 2.33 bits per heavy atom. The predicted molar refractivity (Wildman–Crippen MR) is 56.8 cm³/mol. The van der Waals surface area contributed by atoms with Gasteiger partial charge in [0.1, 0.15) is 6.04 Å². The summed E-state index contributed by atoms with van der Waals surface area (Å²) in [6, 6.07) is -0.577. The molecule has 0 aromatic heterocycles. The summed E-state index contributed by atoms with van der Waals surface area (Å²) in [6.45, 7) is 0.953. The number of thiol groups is 1. The molecular weight excluding hydrogens is 223 g/mol. The molecule has 0 fully saturated rings. The Morgan fingerprint density at radius 1 is 1.58 bits per heavy atom. The summed E-state index contributed by atoms with van der Waals surface area (Å²) in [6.07, 6.45) is 0. The first kappa shape index (κ1) is 18.2. The fourth-order valence-electron chi connectivity index (χ4n) is 0.488. The van der Waals surface area contributed by atoms with Crippen LogP contribution in [0.2, 0.25) is 0 Å². The van der Waals surface area contributed by atoms with Crippen molar-refractivity contribution >= 4 is 43.4 Å². The number of carboxylic acid groups (broad SMARTS) is 1. The molecule has 0 saturated carbocycles. The lowest BCUT2D eigenvalue weighted by atomic mass is 10.3. The topological polar surface area (TPSA) is 75.3 Å². The van der Waals surface area contributed by atoms with E-state index in [1.54, 1.807) is 0 Å². The summed E-state index contributed by atoms with van der Waals surface area (Å²) < 4.78 is 0. The van der Waals surface area contributed by atoms with E-state index in [2.05, 4.69) is 17.9 Å². The summed E-state index contributed by atoms with van der Waals surface area (Å²) in [4.78, 5) is 10.3. The predicted octanol–water partition coefficient (Wildman–Crippen LogP) is -0.239. The Hall–Kier alpha value is 0.320. The molecule has 7 heteroatoms. The van der Waals surface area contributed by atoms with E-state index in [4.69, 9.17) is 10.8 Å². The van der Waals surface area contributed by atoms with Crippen molar-refractivity contribution in [1.29, 1.82) is 0 Å². The average molecular weight is 237 g/mol. The standard InChI is InChI=1S/C5H12N2O2S.2ClH/c6-1-2-7-4(3-10)5(8)9;;/h4,7,10H,1-3,6H2,(H,8,9);2*1H/t4-;;/m0../s1. The molecule has 0 aromatic carbocycles. The molecule has 12 heavy (non-hydrogen) atoms. The van der Waals surface area contributed by atoms with Gasteiger partial charge in [-0.25, -0.2) is 0 Å². The van der Waals surface area contributed by atoms with E-state index in [0.717, 1.165) is 0 Å². The number of halogens is 2. The Morgan fingerprint density at radius 2 is 2.08 bits per heavy atom. The van der Waals surface area contributed by atoms with Crippen LogP contribution in [0.5, 0.6) is 0 Å². The Balaban J connectivity index is -0.000000405. The van der Waals surface area contributed by atoms with Crippen LogP contribution in [0.3, 0.4) is 0 Å². The van der Waals surface area contributed by atoms with Crippen LogP contribution in [0.15, 0.2) is 0 Å². The molecule has 0 aliphatic carbocycles. The van der Waals surface area contributed by atoms with Gasteiger partial charge in [-0.15, -0.1) is 24.8 Å². The molecule has 0 bridgehead atoms. The Bertz CT molecular complexity index is 118. The molecule has 0 amide bonds. The Labute approximate surface area is 89.5 Å². The van der Waals surface area contributed by atoms with Crippen molar-refractivity contribution in [3.05, 3.63) is 0 Å². The summed E-state index contributed by atoms with van der Waals surface area (Å²) in [7, 11) is 0. The van der Waals surface area contributed by atoms with E-state index in [1.807, 2.05) is 0 Å². The molecule has 0 aliphatic heterocycles. The normalized spacial score (nSPS) is 10.8. The zero-order valence-corrected chi connectivity index (χ0v) is 8.92. The zero-order chi connectivity index (χ0) is 7.98. The monoisotopic (exact) mass is 236 g/mol. The van der Waals surface area contributed by atoms with Gasteiger partial charge >= 0.3 is 5.97 Å². The molecule has 0 unspecified atom stereocenters. The molecule has 0 aliphatic rings. The highest BCUT2D eigenvalue weighted by atomic mass is 35.5. The first-order chi connectivity index (χ1) is 4.72. The zero-order valence-electron chi connectivity index (χ0n) is 6.40. The summed E-state index contributed by atoms with van der Waals surface area (Å²) in [5.41, 5.74) is 5.15. The van der Waals surface area contributed by atoms with Crippen LogP contribution in [0.4, 0.5) is 0 Å². The second-order valence-electron chi connectivity index (χ2n) is 1.82. The highest BCUT2D eigenvalue weighted by molar-refractivity contribution is 7.80. The molecule has 0 radical (unpaired) electrons. The molecule has 0 heterocycles. The second kappa shape index (κ2) is 11.3. The van der Waals surface area contributed by atoms with E-state index >= 15 is 0 Å². The lowest BCUT2D eigenvalue weighted by Crippen LogP contribution is -2.40. The third-order valence-corrected chi connectivity index (χ3v) is 1.38. The van der Waals surface area contributed by atoms with Crippen molar-refractivity contribution < 1.29 is 9.90 Å². The van der Waals surface area contributed by atoms with Gasteiger partial charge in [0, 0.05) is 18.8 Å². The van der Waals surface area contributed by atoms with Crippen LogP contribution in [0.25, 0.3) is 0 Å². The van der Waals surface area contributed by atoms with Gasteiger partial charge in [0.25, 0.3) is 0 Å². The largest absolute Gasteiger partial charge is 0.480 e. The van der Waals surface area contributed by atoms with Gasteiger partial charge in [-0.2, -0.15) is 12.6 Å². The van der Waals surface area contributed by atoms with Crippen molar-refractivity contribution in [2.24, 2.45) is 5.73 Å². The minimum atomic E-state index is -0.886. The van der Waals surface area contributed by atoms with Crippen LogP contribution < -0.4 is 11.1 Å². The van der Waals surface area contributed by atoms with Crippen molar-refractivity contribution in [1.82, 2.24) is 5.32 Å². The minimum Gasteiger partial charge on any atom is -0.480 e. The van der Waals surface area contributed by atoms with E-state index in [0.29, 0.717) is 13.1 Å². The molecular formula is C5H14Cl2N2O2S. The van der Waals surface area contributed by atoms with Crippen molar-refractivity contribution in [2.75, 3.05) is 18.8 Å². The number of aliphatic carboxylic acids is 1. The maximum Gasteiger partial charge on any atom is 0.321 e. The SMILES string of the molecule is Cl.Cl.NCCN[C@@H](CS)C(=O)O. The molecule has 0 rings (SSSR count). The van der Waals surface area contributed by atoms with Crippen molar-refractivity contribution in [3.63, 3.8) is 0 Å². The highest BCUT2D eigenvalue weighted by Crippen LogP contribution is 1.86. The molecule has 0 saturated heterocycles. The summed E-state index contributed by atoms with van der Waals surface area (Å²) in [5, 5.41) is 11.2. The van der Waals surface area contributed by atoms with E-state index in [-0.39, 0.29) is 30.6 Å². The van der Waals surface area contributed by atoms with Crippen LogP contribution in [-0.2, 0) is 4.79 Å². The minimum absolute atomic E-state index is 0. The fraction of sp³-hybridized carbons (Fsp3) is 0.800. The highest BCUT2D eigenvalue weighted by Gasteiger charge is 2.12. The van der Waals surface area contributed by atoms with E-state index in [1.165, 1.54) is 0 Å². The van der Waals surface area contributed by atoms with E-state index < -0.39 is 12.0 Å². The van der Waals surface area contributed by atoms with Crippen molar-refractivity contribution in [3.8, 4) is 0 Å². The second-order valence-corrected chi connectivity index (χ2v) is 2.18. The van der Waals surface area contributed by atoms with Gasteiger partial charge in [-0.05, 0) is 0 Å². The number of rotatable bonds is 5. The van der Waals surface area contributed by atoms with Gasteiger partial charge in [-0.1, -0.05) is 0 Å². The lowest BCUT2D eigenvalue weighted by Gasteiger charge is -2.09. The maximum atomic E-state index is 10.3. The number of nitrogens with one attached hydrogen (secondary N) is 1. The molecule has 4 nitrogen and oxygen atoms in total. The third-order valence-electron chi connectivity index (χ3n) is 1.02. The third kappa shape index (κ3) is 8.42. The number of hydrogen-bond acceptors (Lipinski definition) is 4. The molecule has 0 aromatic rings. The number of carbonyl (C=O) groups is 1. The van der Waals surface area contributed by atoms with Gasteiger partial charge in [0.15, 0.2) is 0 Å². The molecule has 0 spiro atoms. The first-order valence-corrected chi connectivity index (χ1v) is 3.62. The average Bonchev–Trinajstić information content (AvgIpc) is 1.89. The van der Waals surface area contributed by atoms with Gasteiger partial charge < -0.3 is 16.2 Å². The molecule has 76 valence electrons. The number of nitrogens with two attached hydrogens (primary N) is 1. The molecule has 1 atom stereocenters. The van der Waals surface area contributed by atoms with Crippen LogP contribution in [-0.4, -0.2) is 36.0 Å². The van der Waals surface area contributed by atoms with Crippen LogP contribution >= 0.6 is 37.4 Å². The quantitative estimate of drug-likeness (QED) is 0.498. The lowest BCUT2D eigenvalue weighted by molar-refractivity contribution is -0.138. The number of carboxylic acids is 1. The number of hydrogen-bond donors (Lipinski definition) is 4. The van der Waals surface area contributed by atoms with Gasteiger partial charge in [-0.3, -0.25) is 4.79 Å². The van der Waals surface area contributed by atoms with E-state index in [9.17, 15) is 4.79 Å². The Kier molecular flexibility index (Phi) is 17.1. The fourth-order valence-corrected chi connectivity index (χ4v) is 0.773. The summed E-state index contributed by atoms with van der Waals surface area (Å²) in [5.74, 6) is -0.599. The maximum absolute atomic E-state index is 10.3. The molecule has 4 N–H and O–H groups in total. The van der Waals surface area contributed by atoms with Crippen LogP contribution in [0, 0.1) is 0 Å². The van der Waals surface area contributed by atoms with Crippen molar-refractivity contribution in [2.45, 2.75) is 6.04 Å². The summed E-state index contributed by atoms with van der Waals surface area (Å²) >= 11 is 3.84. The first-order valence-electron chi connectivity index (χ1n) is 2.99. The van der Waals surface area contributed by atoms with Gasteiger partial charge in [0.2, 0.25) is 0 Å². The van der Waals surface area contributed by atoms with Crippen LogP contribution in [0.1, 0.15) is 0 Å². The van der Waals surface area contributed by atoms with Gasteiger partial charge in [0.05, 0.1) is 0 Å². The smallest absolute Gasteiger partial charge is 0.321 e.